The normalized spacial score (nSPS) is 10.5. The number of thiophene rings is 1. The average molecular weight is 390 g/mol. The van der Waals surface area contributed by atoms with Gasteiger partial charge in [-0.15, -0.1) is 11.3 Å². The fourth-order valence-corrected chi connectivity index (χ4v) is 3.60. The molecular formula is C18H15FN2O3S2. The SMILES string of the molecule is CN(Cc1ccsc1)C(=O)COC(=O)c1csc(-c2ccc(F)cc2)n1. The van der Waals surface area contributed by atoms with Crippen molar-refractivity contribution >= 4 is 34.6 Å². The Morgan fingerprint density at radius 1 is 1.19 bits per heavy atom. The molecule has 1 aromatic carbocycles. The predicted octanol–water partition coefficient (Wildman–Crippen LogP) is 3.83. The molecule has 5 nitrogen and oxygen atoms in total. The van der Waals surface area contributed by atoms with E-state index in [-0.39, 0.29) is 24.0 Å². The minimum atomic E-state index is -0.660. The lowest BCUT2D eigenvalue weighted by Gasteiger charge is -2.16. The van der Waals surface area contributed by atoms with Gasteiger partial charge in [-0.2, -0.15) is 11.3 Å². The summed E-state index contributed by atoms with van der Waals surface area (Å²) in [6.45, 7) is 0.119. The van der Waals surface area contributed by atoms with Crippen molar-refractivity contribution in [2.75, 3.05) is 13.7 Å². The Hall–Kier alpha value is -2.58. The van der Waals surface area contributed by atoms with Gasteiger partial charge in [0.1, 0.15) is 10.8 Å². The summed E-state index contributed by atoms with van der Waals surface area (Å²) in [4.78, 5) is 29.8. The number of nitrogens with zero attached hydrogens (tertiary/aromatic N) is 2. The van der Waals surface area contributed by atoms with Crippen LogP contribution in [0, 0.1) is 5.82 Å². The number of thiazole rings is 1. The Kier molecular flexibility index (Phi) is 5.75. The first-order chi connectivity index (χ1) is 12.5. The number of carbonyl (C=O) groups is 2. The van der Waals surface area contributed by atoms with Gasteiger partial charge in [0.05, 0.1) is 0 Å². The molecular weight excluding hydrogens is 375 g/mol. The molecule has 0 fully saturated rings. The minimum absolute atomic E-state index is 0.127. The molecule has 1 amide bonds. The minimum Gasteiger partial charge on any atom is -0.451 e. The van der Waals surface area contributed by atoms with Crippen molar-refractivity contribution in [3.05, 3.63) is 63.5 Å². The standard InChI is InChI=1S/C18H15FN2O3S2/c1-21(8-12-6-7-25-10-12)16(22)9-24-18(23)15-11-26-17(20-15)13-2-4-14(19)5-3-13/h2-7,10-11H,8-9H2,1H3. The number of benzene rings is 1. The van der Waals surface area contributed by atoms with Gasteiger partial charge in [-0.3, -0.25) is 4.79 Å². The van der Waals surface area contributed by atoms with Crippen LogP contribution in [-0.4, -0.2) is 35.4 Å². The molecule has 8 heteroatoms. The molecule has 2 aromatic heterocycles. The quantitative estimate of drug-likeness (QED) is 0.600. The number of amides is 1. The summed E-state index contributed by atoms with van der Waals surface area (Å²) in [5.41, 5.74) is 1.87. The van der Waals surface area contributed by atoms with Crippen LogP contribution in [0.3, 0.4) is 0 Å². The molecule has 0 spiro atoms. The number of likely N-dealkylation sites (N-methyl/N-ethyl adjacent to an activating group) is 1. The lowest BCUT2D eigenvalue weighted by Crippen LogP contribution is -2.30. The van der Waals surface area contributed by atoms with Crippen molar-refractivity contribution in [1.29, 1.82) is 0 Å². The number of esters is 1. The van der Waals surface area contributed by atoms with Gasteiger partial charge in [0.2, 0.25) is 0 Å². The Morgan fingerprint density at radius 3 is 2.65 bits per heavy atom. The summed E-state index contributed by atoms with van der Waals surface area (Å²) in [5, 5.41) is 6.04. The third kappa shape index (κ3) is 4.53. The lowest BCUT2D eigenvalue weighted by molar-refractivity contribution is -0.133. The van der Waals surface area contributed by atoms with Crippen LogP contribution < -0.4 is 0 Å². The van der Waals surface area contributed by atoms with Gasteiger partial charge < -0.3 is 9.64 Å². The van der Waals surface area contributed by atoms with Crippen LogP contribution in [0.1, 0.15) is 16.1 Å². The number of halogens is 1. The highest BCUT2D eigenvalue weighted by atomic mass is 32.1. The van der Waals surface area contributed by atoms with E-state index in [4.69, 9.17) is 4.74 Å². The van der Waals surface area contributed by atoms with Crippen LogP contribution in [0.2, 0.25) is 0 Å². The highest BCUT2D eigenvalue weighted by molar-refractivity contribution is 7.13. The number of ether oxygens (including phenoxy) is 1. The molecule has 0 bridgehead atoms. The molecule has 0 atom stereocenters. The lowest BCUT2D eigenvalue weighted by atomic mass is 10.2. The van der Waals surface area contributed by atoms with Gasteiger partial charge >= 0.3 is 5.97 Å². The monoisotopic (exact) mass is 390 g/mol. The first-order valence-corrected chi connectivity index (χ1v) is 9.49. The Balaban J connectivity index is 1.55. The second-order valence-corrected chi connectivity index (χ2v) is 7.14. The van der Waals surface area contributed by atoms with Crippen LogP contribution in [0.25, 0.3) is 10.6 Å². The second-order valence-electron chi connectivity index (χ2n) is 5.50. The number of rotatable bonds is 6. The number of aromatic nitrogens is 1. The third-order valence-corrected chi connectivity index (χ3v) is 5.18. The summed E-state index contributed by atoms with van der Waals surface area (Å²) in [6.07, 6.45) is 0. The molecule has 0 aliphatic carbocycles. The topological polar surface area (TPSA) is 59.5 Å². The zero-order chi connectivity index (χ0) is 18.5. The molecule has 3 aromatic rings. The Labute approximate surface area is 157 Å². The van der Waals surface area contributed by atoms with Crippen molar-refractivity contribution in [2.45, 2.75) is 6.54 Å². The van der Waals surface area contributed by atoms with E-state index in [0.717, 1.165) is 5.56 Å². The fraction of sp³-hybridized carbons (Fsp3) is 0.167. The number of carbonyl (C=O) groups excluding carboxylic acids is 2. The fourth-order valence-electron chi connectivity index (χ4n) is 2.15. The van der Waals surface area contributed by atoms with Gasteiger partial charge in [0.25, 0.3) is 5.91 Å². The first-order valence-electron chi connectivity index (χ1n) is 7.66. The van der Waals surface area contributed by atoms with E-state index >= 15 is 0 Å². The van der Waals surface area contributed by atoms with Crippen molar-refractivity contribution in [3.63, 3.8) is 0 Å². The van der Waals surface area contributed by atoms with Gasteiger partial charge in [-0.05, 0) is 46.7 Å². The van der Waals surface area contributed by atoms with E-state index in [9.17, 15) is 14.0 Å². The van der Waals surface area contributed by atoms with Crippen LogP contribution in [0.5, 0.6) is 0 Å². The highest BCUT2D eigenvalue weighted by Crippen LogP contribution is 2.24. The summed E-state index contributed by atoms with van der Waals surface area (Å²) in [6, 6.07) is 7.78. The number of hydrogen-bond donors (Lipinski definition) is 0. The molecule has 0 radical (unpaired) electrons. The molecule has 0 unspecified atom stereocenters. The second kappa shape index (κ2) is 8.20. The molecule has 26 heavy (non-hydrogen) atoms. The first kappa shape index (κ1) is 18.2. The molecule has 134 valence electrons. The summed E-state index contributed by atoms with van der Waals surface area (Å²) in [5.74, 6) is -1.29. The van der Waals surface area contributed by atoms with E-state index in [2.05, 4.69) is 4.98 Å². The average Bonchev–Trinajstić information content (AvgIpc) is 3.32. The van der Waals surface area contributed by atoms with E-state index in [1.54, 1.807) is 35.9 Å². The number of hydrogen-bond acceptors (Lipinski definition) is 6. The summed E-state index contributed by atoms with van der Waals surface area (Å²) >= 11 is 2.81. The third-order valence-electron chi connectivity index (χ3n) is 3.56. The maximum absolute atomic E-state index is 13.0. The van der Waals surface area contributed by atoms with Crippen molar-refractivity contribution in [1.82, 2.24) is 9.88 Å². The zero-order valence-corrected chi connectivity index (χ0v) is 15.5. The van der Waals surface area contributed by atoms with Crippen LogP contribution >= 0.6 is 22.7 Å². The van der Waals surface area contributed by atoms with Gasteiger partial charge in [-0.1, -0.05) is 0 Å². The van der Waals surface area contributed by atoms with Crippen molar-refractivity contribution in [3.8, 4) is 10.6 Å². The Morgan fingerprint density at radius 2 is 1.96 bits per heavy atom. The van der Waals surface area contributed by atoms with E-state index in [1.807, 2.05) is 16.8 Å². The van der Waals surface area contributed by atoms with Gasteiger partial charge in [-0.25, -0.2) is 14.2 Å². The molecule has 3 rings (SSSR count). The Bertz CT molecular complexity index is 892. The molecule has 0 N–H and O–H groups in total. The van der Waals surface area contributed by atoms with E-state index < -0.39 is 5.97 Å². The summed E-state index contributed by atoms with van der Waals surface area (Å²) < 4.78 is 18.0. The maximum Gasteiger partial charge on any atom is 0.358 e. The van der Waals surface area contributed by atoms with Crippen LogP contribution in [0.4, 0.5) is 4.39 Å². The summed E-state index contributed by atoms with van der Waals surface area (Å²) in [7, 11) is 1.66. The molecule has 0 saturated carbocycles. The largest absolute Gasteiger partial charge is 0.451 e. The van der Waals surface area contributed by atoms with E-state index in [1.165, 1.54) is 28.4 Å². The maximum atomic E-state index is 13.0. The smallest absolute Gasteiger partial charge is 0.358 e. The van der Waals surface area contributed by atoms with Crippen molar-refractivity contribution in [2.24, 2.45) is 0 Å². The van der Waals surface area contributed by atoms with Crippen LogP contribution in [0.15, 0.2) is 46.5 Å². The van der Waals surface area contributed by atoms with Gasteiger partial charge in [0, 0.05) is 24.5 Å². The van der Waals surface area contributed by atoms with Gasteiger partial charge in [0.15, 0.2) is 12.3 Å². The zero-order valence-electron chi connectivity index (χ0n) is 13.8. The molecule has 2 heterocycles. The van der Waals surface area contributed by atoms with E-state index in [0.29, 0.717) is 17.1 Å². The molecule has 0 aliphatic heterocycles. The predicted molar refractivity (Wildman–Crippen MR) is 98.6 cm³/mol. The molecule has 0 saturated heterocycles. The molecule has 0 aliphatic rings. The van der Waals surface area contributed by atoms with Crippen LogP contribution in [-0.2, 0) is 16.1 Å². The van der Waals surface area contributed by atoms with Crippen molar-refractivity contribution < 1.29 is 18.7 Å². The highest BCUT2D eigenvalue weighted by Gasteiger charge is 2.17.